The van der Waals surface area contributed by atoms with E-state index in [9.17, 15) is 13.2 Å². The van der Waals surface area contributed by atoms with Crippen molar-refractivity contribution in [3.05, 3.63) is 70.2 Å². The number of amides is 1. The van der Waals surface area contributed by atoms with Gasteiger partial charge in [-0.2, -0.15) is 4.31 Å². The molecule has 0 aliphatic carbocycles. The fourth-order valence-corrected chi connectivity index (χ4v) is 4.69. The number of piperazine rings is 1. The van der Waals surface area contributed by atoms with Crippen LogP contribution in [0.2, 0.25) is 5.02 Å². The number of carbonyl (C=O) groups is 1. The number of carbonyl (C=O) groups excluding carboxylic acids is 1. The minimum absolute atomic E-state index is 0.0221. The second-order valence-corrected chi connectivity index (χ2v) is 8.79. The smallest absolute Gasteiger partial charge is 0.255 e. The zero-order valence-electron chi connectivity index (χ0n) is 14.6. The molecular weight excluding hydrogens is 372 g/mol. The summed E-state index contributed by atoms with van der Waals surface area (Å²) in [6.45, 7) is 3.27. The topological polar surface area (TPSA) is 57.7 Å². The maximum atomic E-state index is 12.6. The molecule has 0 unspecified atom stereocenters. The number of hydrogen-bond acceptors (Lipinski definition) is 3. The van der Waals surface area contributed by atoms with Crippen LogP contribution in [0, 0.1) is 6.92 Å². The number of rotatable bonds is 4. The molecule has 3 rings (SSSR count). The highest BCUT2D eigenvalue weighted by Gasteiger charge is 2.29. The van der Waals surface area contributed by atoms with E-state index < -0.39 is 10.0 Å². The van der Waals surface area contributed by atoms with E-state index in [0.717, 1.165) is 11.1 Å². The minimum Gasteiger partial charge on any atom is -0.336 e. The maximum Gasteiger partial charge on any atom is 0.255 e. The standard InChI is InChI=1S/C19H21ClN2O3S/c1-15-6-8-16(9-7-15)14-26(24,25)22-12-10-21(11-13-22)19(23)17-4-2-3-5-18(17)20/h2-9H,10-14H2,1H3. The molecule has 138 valence electrons. The van der Waals surface area contributed by atoms with Gasteiger partial charge in [0.1, 0.15) is 0 Å². The summed E-state index contributed by atoms with van der Waals surface area (Å²) in [5, 5.41) is 0.409. The average Bonchev–Trinajstić information content (AvgIpc) is 2.63. The Kier molecular flexibility index (Phi) is 5.65. The second kappa shape index (κ2) is 7.78. The van der Waals surface area contributed by atoms with Crippen molar-refractivity contribution in [2.75, 3.05) is 26.2 Å². The SMILES string of the molecule is Cc1ccc(CS(=O)(=O)N2CCN(C(=O)c3ccccc3Cl)CC2)cc1. The van der Waals surface area contributed by atoms with Gasteiger partial charge in [-0.25, -0.2) is 8.42 Å². The Labute approximate surface area is 159 Å². The van der Waals surface area contributed by atoms with Gasteiger partial charge in [0.15, 0.2) is 0 Å². The number of aryl methyl sites for hydroxylation is 1. The van der Waals surface area contributed by atoms with Crippen molar-refractivity contribution in [2.45, 2.75) is 12.7 Å². The van der Waals surface area contributed by atoms with Gasteiger partial charge in [-0.1, -0.05) is 53.6 Å². The molecule has 0 radical (unpaired) electrons. The van der Waals surface area contributed by atoms with Crippen LogP contribution in [0.15, 0.2) is 48.5 Å². The lowest BCUT2D eigenvalue weighted by Gasteiger charge is -2.34. The van der Waals surface area contributed by atoms with Gasteiger partial charge in [0.2, 0.25) is 10.0 Å². The molecule has 1 fully saturated rings. The Morgan fingerprint density at radius 1 is 1.00 bits per heavy atom. The van der Waals surface area contributed by atoms with Crippen LogP contribution in [0.1, 0.15) is 21.5 Å². The zero-order valence-corrected chi connectivity index (χ0v) is 16.1. The molecule has 0 N–H and O–H groups in total. The van der Waals surface area contributed by atoms with Gasteiger partial charge in [-0.05, 0) is 24.6 Å². The molecule has 1 saturated heterocycles. The van der Waals surface area contributed by atoms with Gasteiger partial charge in [-0.15, -0.1) is 0 Å². The van der Waals surface area contributed by atoms with Gasteiger partial charge in [-0.3, -0.25) is 4.79 Å². The predicted molar refractivity (Wildman–Crippen MR) is 103 cm³/mol. The van der Waals surface area contributed by atoms with Crippen molar-refractivity contribution < 1.29 is 13.2 Å². The van der Waals surface area contributed by atoms with E-state index in [1.807, 2.05) is 31.2 Å². The summed E-state index contributed by atoms with van der Waals surface area (Å²) in [5.41, 5.74) is 2.31. The first kappa shape index (κ1) is 18.9. The van der Waals surface area contributed by atoms with Gasteiger partial charge in [0.05, 0.1) is 16.3 Å². The third-order valence-electron chi connectivity index (χ3n) is 4.49. The molecule has 0 aromatic heterocycles. The third-order valence-corrected chi connectivity index (χ3v) is 6.67. The fourth-order valence-electron chi connectivity index (χ4n) is 2.96. The quantitative estimate of drug-likeness (QED) is 0.803. The summed E-state index contributed by atoms with van der Waals surface area (Å²) in [6, 6.07) is 14.4. The van der Waals surface area contributed by atoms with E-state index in [1.54, 1.807) is 29.2 Å². The first-order chi connectivity index (χ1) is 12.4. The Bertz CT molecular complexity index is 889. The second-order valence-electron chi connectivity index (χ2n) is 6.41. The van der Waals surface area contributed by atoms with E-state index in [4.69, 9.17) is 11.6 Å². The van der Waals surface area contributed by atoms with E-state index in [-0.39, 0.29) is 11.7 Å². The lowest BCUT2D eigenvalue weighted by atomic mass is 10.2. The fraction of sp³-hybridized carbons (Fsp3) is 0.316. The number of benzene rings is 2. The lowest BCUT2D eigenvalue weighted by Crippen LogP contribution is -2.50. The van der Waals surface area contributed by atoms with Crippen LogP contribution in [0.25, 0.3) is 0 Å². The highest BCUT2D eigenvalue weighted by atomic mass is 35.5. The van der Waals surface area contributed by atoms with Crippen LogP contribution in [-0.4, -0.2) is 49.7 Å². The molecule has 0 saturated carbocycles. The first-order valence-electron chi connectivity index (χ1n) is 8.44. The summed E-state index contributed by atoms with van der Waals surface area (Å²) in [4.78, 5) is 14.2. The van der Waals surface area contributed by atoms with Crippen molar-refractivity contribution in [3.63, 3.8) is 0 Å². The van der Waals surface area contributed by atoms with E-state index in [2.05, 4.69) is 0 Å². The third kappa shape index (κ3) is 4.26. The highest BCUT2D eigenvalue weighted by molar-refractivity contribution is 7.88. The molecule has 0 bridgehead atoms. The van der Waals surface area contributed by atoms with E-state index >= 15 is 0 Å². The Hall–Kier alpha value is -1.89. The molecule has 1 aliphatic rings. The molecule has 2 aromatic rings. The number of nitrogens with zero attached hydrogens (tertiary/aromatic N) is 2. The molecule has 26 heavy (non-hydrogen) atoms. The summed E-state index contributed by atoms with van der Waals surface area (Å²) in [7, 11) is -3.40. The van der Waals surface area contributed by atoms with Crippen LogP contribution >= 0.6 is 11.6 Å². The van der Waals surface area contributed by atoms with Crippen LogP contribution in [0.4, 0.5) is 0 Å². The minimum atomic E-state index is -3.40. The van der Waals surface area contributed by atoms with Gasteiger partial charge in [0.25, 0.3) is 5.91 Å². The summed E-state index contributed by atoms with van der Waals surface area (Å²) in [6.07, 6.45) is 0. The van der Waals surface area contributed by atoms with Crippen molar-refractivity contribution >= 4 is 27.5 Å². The summed E-state index contributed by atoms with van der Waals surface area (Å²) >= 11 is 6.09. The number of sulfonamides is 1. The molecule has 2 aromatic carbocycles. The molecule has 1 aliphatic heterocycles. The Balaban J connectivity index is 1.63. The molecule has 7 heteroatoms. The van der Waals surface area contributed by atoms with Gasteiger partial charge >= 0.3 is 0 Å². The zero-order chi connectivity index (χ0) is 18.7. The molecule has 0 atom stereocenters. The van der Waals surface area contributed by atoms with Crippen LogP contribution in [0.5, 0.6) is 0 Å². The highest BCUT2D eigenvalue weighted by Crippen LogP contribution is 2.19. The van der Waals surface area contributed by atoms with Crippen LogP contribution in [-0.2, 0) is 15.8 Å². The van der Waals surface area contributed by atoms with E-state index in [0.29, 0.717) is 36.8 Å². The van der Waals surface area contributed by atoms with Crippen molar-refractivity contribution in [2.24, 2.45) is 0 Å². The van der Waals surface area contributed by atoms with Crippen molar-refractivity contribution in [3.8, 4) is 0 Å². The number of hydrogen-bond donors (Lipinski definition) is 0. The van der Waals surface area contributed by atoms with E-state index in [1.165, 1.54) is 4.31 Å². The Morgan fingerprint density at radius 2 is 1.62 bits per heavy atom. The molecule has 1 amide bonds. The molecule has 0 spiro atoms. The van der Waals surface area contributed by atoms with Crippen molar-refractivity contribution in [1.82, 2.24) is 9.21 Å². The predicted octanol–water partition coefficient (Wildman–Crippen LogP) is 2.94. The summed E-state index contributed by atoms with van der Waals surface area (Å²) in [5.74, 6) is -0.183. The molecule has 1 heterocycles. The number of halogens is 1. The van der Waals surface area contributed by atoms with Gasteiger partial charge in [0, 0.05) is 26.2 Å². The largest absolute Gasteiger partial charge is 0.336 e. The lowest BCUT2D eigenvalue weighted by molar-refractivity contribution is 0.0698. The average molecular weight is 393 g/mol. The monoisotopic (exact) mass is 392 g/mol. The van der Waals surface area contributed by atoms with Crippen LogP contribution < -0.4 is 0 Å². The van der Waals surface area contributed by atoms with Crippen LogP contribution in [0.3, 0.4) is 0 Å². The summed E-state index contributed by atoms with van der Waals surface area (Å²) < 4.78 is 26.7. The molecule has 5 nitrogen and oxygen atoms in total. The molecular formula is C19H21ClN2O3S. The van der Waals surface area contributed by atoms with Gasteiger partial charge < -0.3 is 4.90 Å². The maximum absolute atomic E-state index is 12.6. The van der Waals surface area contributed by atoms with Crippen molar-refractivity contribution in [1.29, 1.82) is 0 Å². The first-order valence-corrected chi connectivity index (χ1v) is 10.4. The normalized spacial score (nSPS) is 15.8. The Morgan fingerprint density at radius 3 is 2.23 bits per heavy atom.